The second-order valence-corrected chi connectivity index (χ2v) is 5.26. The van der Waals surface area contributed by atoms with Gasteiger partial charge in [-0.1, -0.05) is 13.8 Å². The molecule has 2 atom stereocenters. The van der Waals surface area contributed by atoms with Crippen molar-refractivity contribution in [2.45, 2.75) is 45.2 Å². The van der Waals surface area contributed by atoms with Crippen LogP contribution in [0.1, 0.15) is 33.1 Å². The molecule has 0 spiro atoms. The van der Waals surface area contributed by atoms with Gasteiger partial charge in [0.15, 0.2) is 0 Å². The molecule has 0 radical (unpaired) electrons. The first-order chi connectivity index (χ1) is 7.49. The number of nitrogens with zero attached hydrogens (tertiary/aromatic N) is 1. The normalized spacial score (nSPS) is 22.9. The molecule has 2 unspecified atom stereocenters. The Balaban J connectivity index is 2.15. The summed E-state index contributed by atoms with van der Waals surface area (Å²) < 4.78 is 0. The van der Waals surface area contributed by atoms with Gasteiger partial charge in [0.2, 0.25) is 5.91 Å². The number of carbonyl (C=O) groups excluding carboxylic acids is 1. The van der Waals surface area contributed by atoms with Crippen LogP contribution in [-0.2, 0) is 4.79 Å². The van der Waals surface area contributed by atoms with E-state index in [0.29, 0.717) is 18.4 Å². The highest BCUT2D eigenvalue weighted by atomic mass is 16.1. The molecule has 0 aromatic rings. The number of nitrogens with one attached hydrogen (secondary N) is 1. The van der Waals surface area contributed by atoms with Crippen LogP contribution >= 0.6 is 0 Å². The van der Waals surface area contributed by atoms with Gasteiger partial charge in [-0.3, -0.25) is 4.79 Å². The second-order valence-electron chi connectivity index (χ2n) is 5.26. The largest absolute Gasteiger partial charge is 0.352 e. The van der Waals surface area contributed by atoms with E-state index in [2.05, 4.69) is 31.1 Å². The second kappa shape index (κ2) is 6.21. The predicted molar refractivity (Wildman–Crippen MR) is 66.1 cm³/mol. The van der Waals surface area contributed by atoms with Crippen LogP contribution in [0.4, 0.5) is 0 Å². The number of hydrogen-bond acceptors (Lipinski definition) is 3. The molecule has 0 aromatic carbocycles. The van der Waals surface area contributed by atoms with Crippen LogP contribution in [0.3, 0.4) is 0 Å². The van der Waals surface area contributed by atoms with Crippen LogP contribution in [0, 0.1) is 5.92 Å². The van der Waals surface area contributed by atoms with Gasteiger partial charge < -0.3 is 16.0 Å². The van der Waals surface area contributed by atoms with Gasteiger partial charge in [0.1, 0.15) is 0 Å². The molecule has 0 saturated carbocycles. The first-order valence-corrected chi connectivity index (χ1v) is 6.22. The number of rotatable bonds is 6. The minimum atomic E-state index is 0.192. The molecule has 94 valence electrons. The summed E-state index contributed by atoms with van der Waals surface area (Å²) in [7, 11) is 2.09. The minimum absolute atomic E-state index is 0.192. The van der Waals surface area contributed by atoms with Crippen molar-refractivity contribution in [3.05, 3.63) is 0 Å². The van der Waals surface area contributed by atoms with Crippen LogP contribution in [0.15, 0.2) is 0 Å². The van der Waals surface area contributed by atoms with Crippen molar-refractivity contribution in [3.63, 3.8) is 0 Å². The molecule has 0 bridgehead atoms. The number of hydrogen-bond donors (Lipinski definition) is 2. The third-order valence-corrected chi connectivity index (χ3v) is 3.32. The monoisotopic (exact) mass is 227 g/mol. The molecule has 0 aliphatic carbocycles. The average Bonchev–Trinajstić information content (AvgIpc) is 2.60. The molecule has 16 heavy (non-hydrogen) atoms. The fraction of sp³-hybridized carbons (Fsp3) is 0.917. The van der Waals surface area contributed by atoms with Crippen LogP contribution in [0.5, 0.6) is 0 Å². The lowest BCUT2D eigenvalue weighted by atomic mass is 10.0. The Morgan fingerprint density at radius 2 is 2.25 bits per heavy atom. The molecule has 1 aliphatic rings. The number of likely N-dealkylation sites (N-methyl/N-ethyl adjacent to an activating group) is 1. The fourth-order valence-electron chi connectivity index (χ4n) is 1.98. The summed E-state index contributed by atoms with van der Waals surface area (Å²) >= 11 is 0. The highest BCUT2D eigenvalue weighted by molar-refractivity contribution is 5.78. The summed E-state index contributed by atoms with van der Waals surface area (Å²) in [5, 5.41) is 2.98. The SMILES string of the molecule is CC(C)C(N)CCN(C)CC1CCC(=O)N1. The van der Waals surface area contributed by atoms with Gasteiger partial charge in [0.05, 0.1) is 0 Å². The van der Waals surface area contributed by atoms with Crippen LogP contribution < -0.4 is 11.1 Å². The van der Waals surface area contributed by atoms with Crippen molar-refractivity contribution in [1.82, 2.24) is 10.2 Å². The zero-order valence-electron chi connectivity index (χ0n) is 10.7. The molecule has 1 heterocycles. The number of amides is 1. The van der Waals surface area contributed by atoms with E-state index in [1.807, 2.05) is 0 Å². The Morgan fingerprint density at radius 3 is 2.75 bits per heavy atom. The van der Waals surface area contributed by atoms with E-state index in [4.69, 9.17) is 5.73 Å². The number of nitrogens with two attached hydrogens (primary N) is 1. The van der Waals surface area contributed by atoms with Gasteiger partial charge >= 0.3 is 0 Å². The van der Waals surface area contributed by atoms with E-state index < -0.39 is 0 Å². The molecule has 1 fully saturated rings. The summed E-state index contributed by atoms with van der Waals surface area (Å²) in [5.41, 5.74) is 6.00. The Morgan fingerprint density at radius 1 is 1.56 bits per heavy atom. The Labute approximate surface area is 98.6 Å². The predicted octanol–water partition coefficient (Wildman–Crippen LogP) is 0.570. The molecule has 4 nitrogen and oxygen atoms in total. The van der Waals surface area contributed by atoms with Crippen molar-refractivity contribution in [3.8, 4) is 0 Å². The van der Waals surface area contributed by atoms with E-state index in [0.717, 1.165) is 25.9 Å². The Hall–Kier alpha value is -0.610. The minimum Gasteiger partial charge on any atom is -0.352 e. The summed E-state index contributed by atoms with van der Waals surface area (Å²) in [4.78, 5) is 13.3. The quantitative estimate of drug-likeness (QED) is 0.697. The van der Waals surface area contributed by atoms with Crippen LogP contribution in [0.2, 0.25) is 0 Å². The lowest BCUT2D eigenvalue weighted by Crippen LogP contribution is -2.39. The molecule has 1 saturated heterocycles. The molecule has 3 N–H and O–H groups in total. The Bertz CT molecular complexity index is 230. The number of carbonyl (C=O) groups is 1. The van der Waals surface area contributed by atoms with Crippen LogP contribution in [-0.4, -0.2) is 43.0 Å². The summed E-state index contributed by atoms with van der Waals surface area (Å²) in [6.07, 6.45) is 2.68. The highest BCUT2D eigenvalue weighted by Gasteiger charge is 2.21. The molecule has 4 heteroatoms. The summed E-state index contributed by atoms with van der Waals surface area (Å²) in [6, 6.07) is 0.619. The first-order valence-electron chi connectivity index (χ1n) is 6.22. The van der Waals surface area contributed by atoms with Gasteiger partial charge in [-0.15, -0.1) is 0 Å². The van der Waals surface area contributed by atoms with Gasteiger partial charge in [0, 0.05) is 25.0 Å². The van der Waals surface area contributed by atoms with Crippen molar-refractivity contribution in [2.24, 2.45) is 11.7 Å². The van der Waals surface area contributed by atoms with E-state index >= 15 is 0 Å². The first kappa shape index (κ1) is 13.5. The van der Waals surface area contributed by atoms with E-state index in [-0.39, 0.29) is 11.9 Å². The summed E-state index contributed by atoms with van der Waals surface area (Å²) in [6.45, 7) is 6.26. The van der Waals surface area contributed by atoms with Gasteiger partial charge in [0.25, 0.3) is 0 Å². The summed E-state index contributed by atoms with van der Waals surface area (Å²) in [5.74, 6) is 0.733. The zero-order chi connectivity index (χ0) is 12.1. The smallest absolute Gasteiger partial charge is 0.220 e. The molecule has 1 rings (SSSR count). The molecular formula is C12H25N3O. The molecule has 1 amide bonds. The molecular weight excluding hydrogens is 202 g/mol. The zero-order valence-corrected chi connectivity index (χ0v) is 10.7. The maximum atomic E-state index is 11.0. The van der Waals surface area contributed by atoms with Gasteiger partial charge in [-0.05, 0) is 32.4 Å². The van der Waals surface area contributed by atoms with Crippen molar-refractivity contribution in [1.29, 1.82) is 0 Å². The van der Waals surface area contributed by atoms with E-state index in [9.17, 15) is 4.79 Å². The third kappa shape index (κ3) is 4.49. The Kier molecular flexibility index (Phi) is 5.22. The topological polar surface area (TPSA) is 58.4 Å². The van der Waals surface area contributed by atoms with E-state index in [1.165, 1.54) is 0 Å². The average molecular weight is 227 g/mol. The maximum Gasteiger partial charge on any atom is 0.220 e. The highest BCUT2D eigenvalue weighted by Crippen LogP contribution is 2.09. The molecule has 0 aromatic heterocycles. The van der Waals surface area contributed by atoms with Crippen molar-refractivity contribution < 1.29 is 4.79 Å². The van der Waals surface area contributed by atoms with Crippen molar-refractivity contribution in [2.75, 3.05) is 20.1 Å². The standard InChI is InChI=1S/C12H25N3O/c1-9(2)11(13)6-7-15(3)8-10-4-5-12(16)14-10/h9-11H,4-8,13H2,1-3H3,(H,14,16). The third-order valence-electron chi connectivity index (χ3n) is 3.32. The van der Waals surface area contributed by atoms with Crippen molar-refractivity contribution >= 4 is 5.91 Å². The lowest BCUT2D eigenvalue weighted by molar-refractivity contribution is -0.119. The van der Waals surface area contributed by atoms with Gasteiger partial charge in [-0.25, -0.2) is 0 Å². The van der Waals surface area contributed by atoms with E-state index in [1.54, 1.807) is 0 Å². The molecule has 1 aliphatic heterocycles. The van der Waals surface area contributed by atoms with Crippen LogP contribution in [0.25, 0.3) is 0 Å². The maximum absolute atomic E-state index is 11.0. The van der Waals surface area contributed by atoms with Gasteiger partial charge in [-0.2, -0.15) is 0 Å². The lowest BCUT2D eigenvalue weighted by Gasteiger charge is -2.23. The fourth-order valence-corrected chi connectivity index (χ4v) is 1.98.